The zero-order valence-electron chi connectivity index (χ0n) is 33.8. The Morgan fingerprint density at radius 1 is 0.917 bits per heavy atom. The number of ketones is 1. The van der Waals surface area contributed by atoms with Gasteiger partial charge in [0.2, 0.25) is 11.8 Å². The topological polar surface area (TPSA) is 160 Å². The number of fused-ring (bicyclic) bond motifs is 3. The van der Waals surface area contributed by atoms with Crippen molar-refractivity contribution in [3.05, 3.63) is 124 Å². The third-order valence-electron chi connectivity index (χ3n) is 10.9. The highest BCUT2D eigenvalue weighted by atomic mass is 35.5. The van der Waals surface area contributed by atoms with Gasteiger partial charge in [-0.3, -0.25) is 19.2 Å². The number of hydrogen-bond acceptors (Lipinski definition) is 9. The van der Waals surface area contributed by atoms with Gasteiger partial charge in [0.1, 0.15) is 17.7 Å². The van der Waals surface area contributed by atoms with Crippen LogP contribution in [0.15, 0.2) is 101 Å². The lowest BCUT2D eigenvalue weighted by Gasteiger charge is -2.31. The summed E-state index contributed by atoms with van der Waals surface area (Å²) in [6, 6.07) is 22.9. The van der Waals surface area contributed by atoms with Gasteiger partial charge in [-0.2, -0.15) is 0 Å². The van der Waals surface area contributed by atoms with E-state index in [1.54, 1.807) is 25.4 Å². The summed E-state index contributed by atoms with van der Waals surface area (Å²) in [4.78, 5) is 66.3. The maximum absolute atomic E-state index is 14.7. The predicted octanol–water partition coefficient (Wildman–Crippen LogP) is 8.19. The molecule has 14 heteroatoms. The van der Waals surface area contributed by atoms with Gasteiger partial charge in [-0.1, -0.05) is 102 Å². The largest absolute Gasteiger partial charge is 0.461 e. The molecule has 11 nitrogen and oxygen atoms in total. The number of amides is 2. The maximum atomic E-state index is 14.7. The number of likely N-dealkylation sites (N-methyl/N-ethyl adjacent to an activating group) is 1. The molecule has 3 heterocycles. The molecule has 5 aromatic rings. The lowest BCUT2D eigenvalue weighted by Crippen LogP contribution is -2.51. The van der Waals surface area contributed by atoms with E-state index in [9.17, 15) is 19.2 Å². The first-order valence-corrected chi connectivity index (χ1v) is 22.0. The fraction of sp³-hybridized carbons (Fsp3) is 0.370. The number of aromatic amines is 1. The first kappa shape index (κ1) is 44.8. The Hall–Kier alpha value is -4.72. The molecule has 1 aliphatic rings. The number of Topliss-reactive ketones (excluding diaryl/α,β-unsaturated/α-hetero) is 1. The van der Waals surface area contributed by atoms with Crippen molar-refractivity contribution in [1.29, 1.82) is 0 Å². The Bertz CT molecular complexity index is 2260. The van der Waals surface area contributed by atoms with Gasteiger partial charge >= 0.3 is 5.97 Å². The molecular formula is C46H52Cl2N6O5S. The molecule has 0 spiro atoms. The van der Waals surface area contributed by atoms with Gasteiger partial charge in [0.05, 0.1) is 11.1 Å². The van der Waals surface area contributed by atoms with Gasteiger partial charge in [0, 0.05) is 84.1 Å². The number of halogens is 2. The molecule has 3 atom stereocenters. The number of nitrogens with zero attached hydrogens (tertiary/aromatic N) is 2. The predicted molar refractivity (Wildman–Crippen MR) is 237 cm³/mol. The number of benzene rings is 3. The second-order valence-corrected chi connectivity index (χ2v) is 16.9. The van der Waals surface area contributed by atoms with Crippen molar-refractivity contribution in [1.82, 2.24) is 25.5 Å². The Morgan fingerprint density at radius 3 is 2.50 bits per heavy atom. The molecule has 0 saturated heterocycles. The van der Waals surface area contributed by atoms with E-state index in [2.05, 4.69) is 20.6 Å². The van der Waals surface area contributed by atoms with Crippen LogP contribution in [-0.4, -0.2) is 64.1 Å². The van der Waals surface area contributed by atoms with E-state index in [4.69, 9.17) is 33.7 Å². The summed E-state index contributed by atoms with van der Waals surface area (Å²) in [7, 11) is 1.64. The number of unbranched alkanes of at least 4 members (excludes halogenated alkanes) is 2. The van der Waals surface area contributed by atoms with E-state index in [-0.39, 0.29) is 56.0 Å². The molecule has 5 N–H and O–H groups in total. The number of H-pyrrole nitrogens is 1. The number of pyridine rings is 1. The number of rotatable bonds is 13. The summed E-state index contributed by atoms with van der Waals surface area (Å²) in [6.45, 7) is 1.00. The van der Waals surface area contributed by atoms with Crippen LogP contribution in [0.2, 0.25) is 10.0 Å². The monoisotopic (exact) mass is 870 g/mol. The second kappa shape index (κ2) is 22.2. The number of ether oxygens (including phenoxy) is 1. The van der Waals surface area contributed by atoms with Gasteiger partial charge in [-0.25, -0.2) is 4.98 Å². The minimum Gasteiger partial charge on any atom is -0.461 e. The number of para-hydroxylation sites is 1. The van der Waals surface area contributed by atoms with Crippen LogP contribution in [0.4, 0.5) is 0 Å². The smallest absolute Gasteiger partial charge is 0.306 e. The molecule has 0 fully saturated rings. The van der Waals surface area contributed by atoms with Gasteiger partial charge in [0.25, 0.3) is 0 Å². The highest BCUT2D eigenvalue weighted by Crippen LogP contribution is 2.40. The molecule has 0 unspecified atom stereocenters. The average Bonchev–Trinajstić information content (AvgIpc) is 3.67. The number of carbonyl (C=O) groups excluding carboxylic acids is 4. The number of esters is 1. The second-order valence-electron chi connectivity index (χ2n) is 15.1. The van der Waals surface area contributed by atoms with E-state index >= 15 is 0 Å². The molecule has 0 saturated carbocycles. The minimum atomic E-state index is -0.925. The number of hydrogen-bond donors (Lipinski definition) is 4. The SMILES string of the molecule is CN1C(=O)[C@H](CCCCN)CC(=O)[C@H](CCCCC(=O)OCc2ccccc2)NCc2cccnc2Sc2c(Cl)ccc(Cl)c2CNC(=O)[C@@H]1Cc1c[nH]c2ccccc12. The zero-order valence-corrected chi connectivity index (χ0v) is 36.1. The molecule has 316 valence electrons. The van der Waals surface area contributed by atoms with Crippen molar-refractivity contribution < 1.29 is 23.9 Å². The molecule has 1 aliphatic heterocycles. The van der Waals surface area contributed by atoms with Gasteiger partial charge < -0.3 is 31.0 Å². The molecule has 2 aromatic heterocycles. The first-order chi connectivity index (χ1) is 29.1. The first-order valence-electron chi connectivity index (χ1n) is 20.5. The lowest BCUT2D eigenvalue weighted by atomic mass is 9.90. The van der Waals surface area contributed by atoms with Crippen LogP contribution in [0.3, 0.4) is 0 Å². The van der Waals surface area contributed by atoms with Crippen molar-refractivity contribution in [3.63, 3.8) is 0 Å². The number of aromatic nitrogens is 2. The summed E-state index contributed by atoms with van der Waals surface area (Å²) in [5.41, 5.74) is 10.0. The average molecular weight is 872 g/mol. The summed E-state index contributed by atoms with van der Waals surface area (Å²) >= 11 is 15.0. The zero-order chi connectivity index (χ0) is 42.4. The van der Waals surface area contributed by atoms with Crippen LogP contribution in [0.5, 0.6) is 0 Å². The van der Waals surface area contributed by atoms with E-state index in [0.717, 1.165) is 27.6 Å². The summed E-state index contributed by atoms with van der Waals surface area (Å²) < 4.78 is 5.49. The van der Waals surface area contributed by atoms with E-state index < -0.39 is 18.0 Å². The van der Waals surface area contributed by atoms with E-state index in [1.807, 2.05) is 72.9 Å². The highest BCUT2D eigenvalue weighted by Gasteiger charge is 2.34. The quantitative estimate of drug-likeness (QED) is 0.0676. The maximum Gasteiger partial charge on any atom is 0.306 e. The fourth-order valence-electron chi connectivity index (χ4n) is 7.52. The normalized spacial score (nSPS) is 18.1. The van der Waals surface area contributed by atoms with Crippen molar-refractivity contribution in [2.24, 2.45) is 11.7 Å². The third-order valence-corrected chi connectivity index (χ3v) is 13.0. The molecule has 0 bridgehead atoms. The summed E-state index contributed by atoms with van der Waals surface area (Å²) in [5.74, 6) is -1.79. The van der Waals surface area contributed by atoms with E-state index in [0.29, 0.717) is 77.1 Å². The Labute approximate surface area is 365 Å². The summed E-state index contributed by atoms with van der Waals surface area (Å²) in [6.07, 6.45) is 7.25. The number of nitrogens with one attached hydrogen (secondary N) is 3. The number of nitrogens with two attached hydrogens (primary N) is 1. The molecule has 0 aliphatic carbocycles. The van der Waals surface area contributed by atoms with Crippen molar-refractivity contribution in [2.75, 3.05) is 13.6 Å². The Morgan fingerprint density at radius 2 is 1.68 bits per heavy atom. The molecular weight excluding hydrogens is 820 g/mol. The van der Waals surface area contributed by atoms with Gasteiger partial charge in [0.15, 0.2) is 5.78 Å². The van der Waals surface area contributed by atoms with Crippen LogP contribution in [0.1, 0.15) is 73.6 Å². The van der Waals surface area contributed by atoms with E-state index in [1.165, 1.54) is 16.7 Å². The van der Waals surface area contributed by atoms with Gasteiger partial charge in [-0.05, 0) is 73.2 Å². The van der Waals surface area contributed by atoms with Crippen molar-refractivity contribution in [3.8, 4) is 0 Å². The Balaban J connectivity index is 1.30. The van der Waals surface area contributed by atoms with Crippen LogP contribution >= 0.6 is 35.0 Å². The number of carbonyl (C=O) groups is 4. The van der Waals surface area contributed by atoms with Crippen LogP contribution in [0.25, 0.3) is 10.9 Å². The molecule has 6 rings (SSSR count). The van der Waals surface area contributed by atoms with Crippen molar-refractivity contribution >= 4 is 69.4 Å². The van der Waals surface area contributed by atoms with Gasteiger partial charge in [-0.15, -0.1) is 0 Å². The minimum absolute atomic E-state index is 0.0305. The third kappa shape index (κ3) is 12.0. The Kier molecular flexibility index (Phi) is 16.6. The highest BCUT2D eigenvalue weighted by molar-refractivity contribution is 7.99. The fourth-order valence-corrected chi connectivity index (χ4v) is 9.14. The standard InChI is InChI=1S/C46H52Cl2N6O5S/c1-54-40(24-33-27-51-38-17-6-5-16-34(33)38)44(57)53-28-35-36(47)20-21-37(48)43(35)60-45-32(15-11-23-50-45)26-52-39(41(55)25-31(46(54)58)14-9-10-22-49)18-7-8-19-42(56)59-29-30-12-3-2-4-13-30/h2-6,11-13,15-17,20-21,23,27,31,39-40,51-52H,7-10,14,18-19,22,24-26,28-29,49H2,1H3,(H,53,57)/t31-,39+,40+/m1/s1. The van der Waals surface area contributed by atoms with Crippen LogP contribution in [0, 0.1) is 5.92 Å². The van der Waals surface area contributed by atoms with Crippen LogP contribution in [-0.2, 0) is 50.0 Å². The van der Waals surface area contributed by atoms with Crippen LogP contribution < -0.4 is 16.4 Å². The molecule has 3 aromatic carbocycles. The summed E-state index contributed by atoms with van der Waals surface area (Å²) in [5, 5.41) is 9.03. The molecule has 2 amide bonds. The van der Waals surface area contributed by atoms with Crippen molar-refractivity contribution in [2.45, 2.75) is 99.5 Å². The molecule has 60 heavy (non-hydrogen) atoms. The lowest BCUT2D eigenvalue weighted by molar-refractivity contribution is -0.145. The molecule has 0 radical (unpaired) electrons.